The highest BCUT2D eigenvalue weighted by Crippen LogP contribution is 2.35. The van der Waals surface area contributed by atoms with Gasteiger partial charge in [0.15, 0.2) is 0 Å². The van der Waals surface area contributed by atoms with Gasteiger partial charge in [-0.25, -0.2) is 9.37 Å². The molecule has 1 heterocycles. The molecule has 22 heavy (non-hydrogen) atoms. The van der Waals surface area contributed by atoms with Crippen molar-refractivity contribution in [2.45, 2.75) is 25.3 Å². The average Bonchev–Trinajstić information content (AvgIpc) is 3.33. The van der Waals surface area contributed by atoms with Gasteiger partial charge in [0.05, 0.1) is 4.92 Å². The topological polar surface area (TPSA) is 59.3 Å². The van der Waals surface area contributed by atoms with E-state index in [9.17, 15) is 14.5 Å². The summed E-state index contributed by atoms with van der Waals surface area (Å²) >= 11 is 0. The van der Waals surface area contributed by atoms with Crippen molar-refractivity contribution in [2.24, 2.45) is 0 Å². The van der Waals surface area contributed by atoms with Crippen LogP contribution < -0.4 is 4.90 Å². The predicted molar refractivity (Wildman–Crippen MR) is 81.4 cm³/mol. The zero-order chi connectivity index (χ0) is 15.5. The van der Waals surface area contributed by atoms with Crippen LogP contribution in [0.15, 0.2) is 42.6 Å². The monoisotopic (exact) mass is 301 g/mol. The summed E-state index contributed by atoms with van der Waals surface area (Å²) in [6.07, 6.45) is 4.22. The summed E-state index contributed by atoms with van der Waals surface area (Å²) in [5.74, 6) is 0.144. The first-order valence-electron chi connectivity index (χ1n) is 7.25. The SMILES string of the molecule is O=[N+]([O-])c1cccnc1N(CCc1cccc(F)c1)C1CC1. The molecule has 114 valence electrons. The molecule has 1 fully saturated rings. The molecular formula is C16H16FN3O2. The maximum atomic E-state index is 13.2. The highest BCUT2D eigenvalue weighted by Gasteiger charge is 2.33. The van der Waals surface area contributed by atoms with Crippen LogP contribution in [0.5, 0.6) is 0 Å². The predicted octanol–water partition coefficient (Wildman–Crippen LogP) is 3.34. The van der Waals surface area contributed by atoms with Gasteiger partial charge in [-0.05, 0) is 43.0 Å². The van der Waals surface area contributed by atoms with E-state index in [1.165, 1.54) is 18.2 Å². The molecule has 1 aliphatic rings. The number of anilines is 1. The molecule has 2 aromatic rings. The first-order valence-corrected chi connectivity index (χ1v) is 7.25. The number of hydrogen-bond acceptors (Lipinski definition) is 4. The molecule has 0 radical (unpaired) electrons. The molecule has 1 aliphatic carbocycles. The minimum atomic E-state index is -0.403. The summed E-state index contributed by atoms with van der Waals surface area (Å²) in [4.78, 5) is 17.0. The van der Waals surface area contributed by atoms with E-state index in [0.717, 1.165) is 18.4 Å². The lowest BCUT2D eigenvalue weighted by Crippen LogP contribution is -2.29. The largest absolute Gasteiger partial charge is 0.348 e. The van der Waals surface area contributed by atoms with E-state index < -0.39 is 4.92 Å². The number of pyridine rings is 1. The zero-order valence-electron chi connectivity index (χ0n) is 12.0. The molecule has 0 saturated heterocycles. The maximum Gasteiger partial charge on any atom is 0.311 e. The Balaban J connectivity index is 1.80. The molecule has 0 aliphatic heterocycles. The van der Waals surface area contributed by atoms with Crippen molar-refractivity contribution in [1.29, 1.82) is 0 Å². The van der Waals surface area contributed by atoms with Crippen molar-refractivity contribution >= 4 is 11.5 Å². The zero-order valence-corrected chi connectivity index (χ0v) is 12.0. The normalized spacial score (nSPS) is 13.9. The minimum Gasteiger partial charge on any atom is -0.348 e. The Kier molecular flexibility index (Phi) is 4.00. The van der Waals surface area contributed by atoms with Gasteiger partial charge in [0.2, 0.25) is 5.82 Å². The van der Waals surface area contributed by atoms with Crippen LogP contribution >= 0.6 is 0 Å². The Hall–Kier alpha value is -2.50. The standard InChI is InChI=1S/C16H16FN3O2/c17-13-4-1-3-12(11-13)8-10-19(14-6-7-14)16-15(20(21)22)5-2-9-18-16/h1-5,9,11,14H,6-8,10H2. The van der Waals surface area contributed by atoms with Gasteiger partial charge >= 0.3 is 5.69 Å². The maximum absolute atomic E-state index is 13.2. The Morgan fingerprint density at radius 3 is 2.82 bits per heavy atom. The van der Waals surface area contributed by atoms with Gasteiger partial charge in [-0.3, -0.25) is 10.1 Å². The van der Waals surface area contributed by atoms with Crippen molar-refractivity contribution < 1.29 is 9.31 Å². The summed E-state index contributed by atoms with van der Waals surface area (Å²) in [5, 5.41) is 11.2. The van der Waals surface area contributed by atoms with E-state index in [0.29, 0.717) is 24.8 Å². The first-order chi connectivity index (χ1) is 10.6. The summed E-state index contributed by atoms with van der Waals surface area (Å²) in [5.41, 5.74) is 0.901. The molecule has 5 nitrogen and oxygen atoms in total. The average molecular weight is 301 g/mol. The van der Waals surface area contributed by atoms with E-state index in [1.807, 2.05) is 11.0 Å². The summed E-state index contributed by atoms with van der Waals surface area (Å²) in [6.45, 7) is 0.589. The second-order valence-electron chi connectivity index (χ2n) is 5.41. The molecule has 1 saturated carbocycles. The number of aromatic nitrogens is 1. The van der Waals surface area contributed by atoms with Crippen LogP contribution in [0.25, 0.3) is 0 Å². The molecule has 0 atom stereocenters. The lowest BCUT2D eigenvalue weighted by molar-refractivity contribution is -0.384. The van der Waals surface area contributed by atoms with Crippen LogP contribution in [-0.2, 0) is 6.42 Å². The van der Waals surface area contributed by atoms with Gasteiger partial charge in [0, 0.05) is 24.8 Å². The van der Waals surface area contributed by atoms with Gasteiger partial charge in [0.1, 0.15) is 5.82 Å². The van der Waals surface area contributed by atoms with Crippen molar-refractivity contribution in [3.05, 3.63) is 64.1 Å². The van der Waals surface area contributed by atoms with Crippen LogP contribution in [0.3, 0.4) is 0 Å². The Morgan fingerprint density at radius 2 is 2.14 bits per heavy atom. The third-order valence-electron chi connectivity index (χ3n) is 3.75. The minimum absolute atomic E-state index is 0.0219. The molecule has 0 unspecified atom stereocenters. The van der Waals surface area contributed by atoms with Crippen LogP contribution in [0, 0.1) is 15.9 Å². The molecule has 1 aromatic carbocycles. The molecule has 0 amide bonds. The van der Waals surface area contributed by atoms with Crippen LogP contribution in [0.4, 0.5) is 15.9 Å². The van der Waals surface area contributed by atoms with E-state index in [4.69, 9.17) is 0 Å². The molecular weight excluding hydrogens is 285 g/mol. The number of nitrogens with zero attached hydrogens (tertiary/aromatic N) is 3. The third kappa shape index (κ3) is 3.21. The Bertz CT molecular complexity index is 689. The fraction of sp³-hybridized carbons (Fsp3) is 0.312. The molecule has 3 rings (SSSR count). The number of benzene rings is 1. The second kappa shape index (κ2) is 6.09. The Labute approximate surface area is 127 Å². The number of halogens is 1. The van der Waals surface area contributed by atoms with E-state index in [-0.39, 0.29) is 11.5 Å². The van der Waals surface area contributed by atoms with Crippen molar-refractivity contribution in [1.82, 2.24) is 4.98 Å². The lowest BCUT2D eigenvalue weighted by Gasteiger charge is -2.23. The van der Waals surface area contributed by atoms with E-state index >= 15 is 0 Å². The molecule has 0 bridgehead atoms. The van der Waals surface area contributed by atoms with Gasteiger partial charge in [-0.15, -0.1) is 0 Å². The van der Waals surface area contributed by atoms with Crippen molar-refractivity contribution in [3.63, 3.8) is 0 Å². The molecule has 0 spiro atoms. The van der Waals surface area contributed by atoms with E-state index in [2.05, 4.69) is 4.98 Å². The van der Waals surface area contributed by atoms with Gasteiger partial charge in [-0.2, -0.15) is 0 Å². The van der Waals surface area contributed by atoms with Crippen LogP contribution in [0.1, 0.15) is 18.4 Å². The second-order valence-corrected chi connectivity index (χ2v) is 5.41. The highest BCUT2D eigenvalue weighted by molar-refractivity contribution is 5.58. The van der Waals surface area contributed by atoms with Crippen molar-refractivity contribution in [3.8, 4) is 0 Å². The van der Waals surface area contributed by atoms with Gasteiger partial charge < -0.3 is 4.90 Å². The molecule has 1 aromatic heterocycles. The highest BCUT2D eigenvalue weighted by atomic mass is 19.1. The third-order valence-corrected chi connectivity index (χ3v) is 3.75. The summed E-state index contributed by atoms with van der Waals surface area (Å²) in [7, 11) is 0. The van der Waals surface area contributed by atoms with Gasteiger partial charge in [-0.1, -0.05) is 12.1 Å². The number of hydrogen-bond donors (Lipinski definition) is 0. The van der Waals surface area contributed by atoms with E-state index in [1.54, 1.807) is 18.3 Å². The van der Waals surface area contributed by atoms with Crippen LogP contribution in [0.2, 0.25) is 0 Å². The fourth-order valence-electron chi connectivity index (χ4n) is 2.54. The summed E-state index contributed by atoms with van der Waals surface area (Å²) < 4.78 is 13.2. The number of rotatable bonds is 6. The lowest BCUT2D eigenvalue weighted by atomic mass is 10.1. The van der Waals surface area contributed by atoms with Crippen LogP contribution in [-0.4, -0.2) is 22.5 Å². The molecule has 0 N–H and O–H groups in total. The van der Waals surface area contributed by atoms with Gasteiger partial charge in [0.25, 0.3) is 0 Å². The Morgan fingerprint density at radius 1 is 1.32 bits per heavy atom. The summed E-state index contributed by atoms with van der Waals surface area (Å²) in [6, 6.07) is 9.78. The smallest absolute Gasteiger partial charge is 0.311 e. The first kappa shape index (κ1) is 14.4. The fourth-order valence-corrected chi connectivity index (χ4v) is 2.54. The molecule has 6 heteroatoms. The number of nitro groups is 1. The quantitative estimate of drug-likeness (QED) is 0.606. The van der Waals surface area contributed by atoms with Crippen molar-refractivity contribution in [2.75, 3.05) is 11.4 Å².